The van der Waals surface area contributed by atoms with Gasteiger partial charge in [-0.3, -0.25) is 4.90 Å². The molecule has 4 heterocycles. The quantitative estimate of drug-likeness (QED) is 0.790. The average molecular weight is 385 g/mol. The van der Waals surface area contributed by atoms with E-state index in [1.807, 2.05) is 17.3 Å². The zero-order chi connectivity index (χ0) is 19.3. The van der Waals surface area contributed by atoms with Gasteiger partial charge in [0.25, 0.3) is 0 Å². The lowest BCUT2D eigenvalue weighted by Gasteiger charge is -2.32. The summed E-state index contributed by atoms with van der Waals surface area (Å²) < 4.78 is 14.0. The van der Waals surface area contributed by atoms with Gasteiger partial charge < -0.3 is 14.7 Å². The van der Waals surface area contributed by atoms with Gasteiger partial charge in [0.1, 0.15) is 0 Å². The third-order valence-electron chi connectivity index (χ3n) is 5.51. The monoisotopic (exact) mass is 385 g/mol. The largest absolute Gasteiger partial charge is 0.353 e. The van der Waals surface area contributed by atoms with Gasteiger partial charge in [-0.05, 0) is 25.6 Å². The van der Waals surface area contributed by atoms with Crippen molar-refractivity contribution in [1.82, 2.24) is 24.8 Å². The zero-order valence-corrected chi connectivity index (χ0v) is 16.5. The maximum atomic E-state index is 14.0. The molecule has 0 bridgehead atoms. The van der Waals surface area contributed by atoms with Crippen LogP contribution in [0.3, 0.4) is 0 Å². The van der Waals surface area contributed by atoms with Crippen LogP contribution in [0.15, 0.2) is 30.7 Å². The molecule has 0 aromatic carbocycles. The fourth-order valence-corrected chi connectivity index (χ4v) is 3.81. The molecule has 0 unspecified atom stereocenters. The molecule has 8 heteroatoms. The topological polar surface area (TPSA) is 51.6 Å². The van der Waals surface area contributed by atoms with Gasteiger partial charge in [-0.15, -0.1) is 0 Å². The lowest BCUT2D eigenvalue weighted by atomic mass is 10.3. The van der Waals surface area contributed by atoms with Crippen LogP contribution in [0, 0.1) is 5.82 Å². The minimum absolute atomic E-state index is 0.246. The highest BCUT2D eigenvalue weighted by Gasteiger charge is 2.19. The Morgan fingerprint density at radius 3 is 2.39 bits per heavy atom. The summed E-state index contributed by atoms with van der Waals surface area (Å²) >= 11 is 0. The van der Waals surface area contributed by atoms with E-state index in [1.54, 1.807) is 12.3 Å². The van der Waals surface area contributed by atoms with Crippen molar-refractivity contribution in [2.24, 2.45) is 0 Å². The second kappa shape index (κ2) is 8.79. The molecular weight excluding hydrogens is 357 g/mol. The van der Waals surface area contributed by atoms with E-state index in [2.05, 4.69) is 36.7 Å². The first-order valence-electron chi connectivity index (χ1n) is 10.0. The third kappa shape index (κ3) is 4.56. The van der Waals surface area contributed by atoms with Crippen molar-refractivity contribution in [2.45, 2.75) is 13.0 Å². The van der Waals surface area contributed by atoms with Crippen molar-refractivity contribution in [3.63, 3.8) is 0 Å². The maximum Gasteiger partial charge on any atom is 0.225 e. The van der Waals surface area contributed by atoms with Gasteiger partial charge in [0, 0.05) is 83.1 Å². The lowest BCUT2D eigenvalue weighted by Crippen LogP contribution is -2.45. The highest BCUT2D eigenvalue weighted by atomic mass is 19.1. The highest BCUT2D eigenvalue weighted by Crippen LogP contribution is 2.18. The Morgan fingerprint density at radius 2 is 1.64 bits per heavy atom. The molecule has 0 radical (unpaired) electrons. The normalized spacial score (nSPS) is 19.6. The van der Waals surface area contributed by atoms with Crippen molar-refractivity contribution in [2.75, 3.05) is 69.2 Å². The van der Waals surface area contributed by atoms with Crippen LogP contribution in [0.5, 0.6) is 0 Å². The number of anilines is 2. The van der Waals surface area contributed by atoms with Crippen molar-refractivity contribution < 1.29 is 4.39 Å². The molecule has 150 valence electrons. The molecule has 4 rings (SSSR count). The van der Waals surface area contributed by atoms with Crippen molar-refractivity contribution >= 4 is 11.8 Å². The Kier molecular flexibility index (Phi) is 5.97. The molecule has 28 heavy (non-hydrogen) atoms. The van der Waals surface area contributed by atoms with E-state index in [9.17, 15) is 4.39 Å². The predicted octanol–water partition coefficient (Wildman–Crippen LogP) is 1.47. The summed E-state index contributed by atoms with van der Waals surface area (Å²) in [6, 6.07) is 3.11. The van der Waals surface area contributed by atoms with E-state index in [0.29, 0.717) is 5.82 Å². The second-order valence-corrected chi connectivity index (χ2v) is 7.61. The standard InChI is InChI=1S/C20H28FN7/c1-25-8-11-28(12-9-25)20-23-14-17(15-24-20)16-26-6-3-7-27(13-10-26)19-18(21)4-2-5-22-19/h2,4-5,14-15H,3,6-13,16H2,1H3. The fraction of sp³-hybridized carbons (Fsp3) is 0.550. The van der Waals surface area contributed by atoms with E-state index in [0.717, 1.165) is 76.8 Å². The minimum Gasteiger partial charge on any atom is -0.353 e. The Hall–Kier alpha value is -2.32. The summed E-state index contributed by atoms with van der Waals surface area (Å²) in [6.07, 6.45) is 6.53. The van der Waals surface area contributed by atoms with Gasteiger partial charge in [-0.25, -0.2) is 19.3 Å². The molecule has 2 saturated heterocycles. The van der Waals surface area contributed by atoms with Crippen LogP contribution in [0.25, 0.3) is 0 Å². The van der Waals surface area contributed by atoms with Gasteiger partial charge in [0.05, 0.1) is 0 Å². The van der Waals surface area contributed by atoms with Crippen molar-refractivity contribution in [3.05, 3.63) is 42.1 Å². The molecule has 7 nitrogen and oxygen atoms in total. The van der Waals surface area contributed by atoms with Crippen LogP contribution in [0.2, 0.25) is 0 Å². The fourth-order valence-electron chi connectivity index (χ4n) is 3.81. The molecule has 0 N–H and O–H groups in total. The van der Waals surface area contributed by atoms with Gasteiger partial charge in [0.15, 0.2) is 11.6 Å². The third-order valence-corrected chi connectivity index (χ3v) is 5.51. The number of hydrogen-bond donors (Lipinski definition) is 0. The molecule has 2 aliphatic rings. The van der Waals surface area contributed by atoms with Crippen molar-refractivity contribution in [3.8, 4) is 0 Å². The van der Waals surface area contributed by atoms with E-state index in [-0.39, 0.29) is 5.82 Å². The number of pyridine rings is 1. The van der Waals surface area contributed by atoms with E-state index < -0.39 is 0 Å². The van der Waals surface area contributed by atoms with Crippen molar-refractivity contribution in [1.29, 1.82) is 0 Å². The predicted molar refractivity (Wildman–Crippen MR) is 108 cm³/mol. The Bertz CT molecular complexity index is 761. The van der Waals surface area contributed by atoms with Crippen LogP contribution in [-0.2, 0) is 6.54 Å². The van der Waals surface area contributed by atoms with Crippen LogP contribution >= 0.6 is 0 Å². The number of hydrogen-bond acceptors (Lipinski definition) is 7. The first-order valence-corrected chi connectivity index (χ1v) is 10.0. The molecule has 0 atom stereocenters. The number of aromatic nitrogens is 3. The highest BCUT2D eigenvalue weighted by molar-refractivity contribution is 5.39. The molecule has 2 aliphatic heterocycles. The smallest absolute Gasteiger partial charge is 0.225 e. The number of likely N-dealkylation sites (N-methyl/N-ethyl adjacent to an activating group) is 1. The zero-order valence-electron chi connectivity index (χ0n) is 16.5. The maximum absolute atomic E-state index is 14.0. The number of rotatable bonds is 4. The van der Waals surface area contributed by atoms with Crippen LogP contribution < -0.4 is 9.80 Å². The number of nitrogens with zero attached hydrogens (tertiary/aromatic N) is 7. The summed E-state index contributed by atoms with van der Waals surface area (Å²) in [5.74, 6) is 1.04. The first kappa shape index (κ1) is 19.0. The first-order chi connectivity index (χ1) is 13.7. The second-order valence-electron chi connectivity index (χ2n) is 7.61. The van der Waals surface area contributed by atoms with Gasteiger partial charge in [-0.1, -0.05) is 0 Å². The summed E-state index contributed by atoms with van der Waals surface area (Å²) in [4.78, 5) is 22.4. The van der Waals surface area contributed by atoms with Crippen LogP contribution in [-0.4, -0.2) is 84.2 Å². The molecule has 2 fully saturated rings. The molecular formula is C20H28FN7. The van der Waals surface area contributed by atoms with E-state index >= 15 is 0 Å². The molecule has 2 aromatic rings. The van der Waals surface area contributed by atoms with Gasteiger partial charge >= 0.3 is 0 Å². The number of piperazine rings is 1. The minimum atomic E-state index is -0.246. The van der Waals surface area contributed by atoms with Crippen LogP contribution in [0.4, 0.5) is 16.2 Å². The molecule has 0 saturated carbocycles. The summed E-state index contributed by atoms with van der Waals surface area (Å²) in [7, 11) is 2.14. The SMILES string of the molecule is CN1CCN(c2ncc(CN3CCCN(c4ncccc4F)CC3)cn2)CC1. The summed E-state index contributed by atoms with van der Waals surface area (Å²) in [5.41, 5.74) is 1.12. The van der Waals surface area contributed by atoms with Crippen LogP contribution in [0.1, 0.15) is 12.0 Å². The Labute approximate surface area is 165 Å². The average Bonchev–Trinajstić information content (AvgIpc) is 2.95. The molecule has 2 aromatic heterocycles. The molecule has 0 spiro atoms. The number of halogens is 1. The molecule has 0 aliphatic carbocycles. The lowest BCUT2D eigenvalue weighted by molar-refractivity contribution is 0.284. The van der Waals surface area contributed by atoms with E-state index in [4.69, 9.17) is 0 Å². The Morgan fingerprint density at radius 1 is 0.893 bits per heavy atom. The molecule has 0 amide bonds. The van der Waals surface area contributed by atoms with E-state index in [1.165, 1.54) is 6.07 Å². The summed E-state index contributed by atoms with van der Waals surface area (Å²) in [5, 5.41) is 0. The van der Waals surface area contributed by atoms with Gasteiger partial charge in [0.2, 0.25) is 5.95 Å². The summed E-state index contributed by atoms with van der Waals surface area (Å²) in [6.45, 7) is 8.31. The Balaban J connectivity index is 1.33. The van der Waals surface area contributed by atoms with Gasteiger partial charge in [-0.2, -0.15) is 0 Å².